The van der Waals surface area contributed by atoms with Crippen LogP contribution in [-0.2, 0) is 9.53 Å². The molecule has 0 N–H and O–H groups in total. The summed E-state index contributed by atoms with van der Waals surface area (Å²) in [5, 5.41) is 0. The van der Waals surface area contributed by atoms with Gasteiger partial charge in [-0.15, -0.1) is 0 Å². The maximum atomic E-state index is 11.5. The van der Waals surface area contributed by atoms with E-state index >= 15 is 0 Å². The smallest absolute Gasteiger partial charge is 0.172 e. The lowest BCUT2D eigenvalue weighted by Crippen LogP contribution is -2.14. The molecule has 0 aliphatic rings. The molecule has 0 unspecified atom stereocenters. The number of ether oxygens (including phenoxy) is 1. The maximum Gasteiger partial charge on any atom is 0.172 e. The third-order valence-corrected chi connectivity index (χ3v) is 2.79. The average molecular weight is 232 g/mol. The molecule has 0 saturated carbocycles. The van der Waals surface area contributed by atoms with E-state index in [-0.39, 0.29) is 18.3 Å². The van der Waals surface area contributed by atoms with Gasteiger partial charge in [-0.1, -0.05) is 38.6 Å². The molecular formula is C15H20O2. The van der Waals surface area contributed by atoms with Crippen LogP contribution in [0.1, 0.15) is 30.5 Å². The fourth-order valence-corrected chi connectivity index (χ4v) is 1.65. The molecule has 92 valence electrons. The van der Waals surface area contributed by atoms with Crippen molar-refractivity contribution in [3.63, 3.8) is 0 Å². The standard InChI is InChI=1S/C15H20O2/c1-10(2)14(16)9-17-13(5)15-11(3)7-6-8-12(15)4/h6-8,10H,5,9H2,1-4H3. The molecule has 2 nitrogen and oxygen atoms in total. The van der Waals surface area contributed by atoms with Crippen molar-refractivity contribution in [3.05, 3.63) is 41.5 Å². The highest BCUT2D eigenvalue weighted by atomic mass is 16.5. The first-order valence-electron chi connectivity index (χ1n) is 5.84. The Morgan fingerprint density at radius 2 is 1.82 bits per heavy atom. The molecule has 0 aromatic heterocycles. The highest BCUT2D eigenvalue weighted by Crippen LogP contribution is 2.22. The first kappa shape index (κ1) is 13.5. The molecular weight excluding hydrogens is 212 g/mol. The zero-order valence-corrected chi connectivity index (χ0v) is 11.0. The Kier molecular flexibility index (Phi) is 4.50. The number of benzene rings is 1. The van der Waals surface area contributed by atoms with Crippen LogP contribution in [0.2, 0.25) is 0 Å². The fraction of sp³-hybridized carbons (Fsp3) is 0.400. The van der Waals surface area contributed by atoms with E-state index in [4.69, 9.17) is 4.74 Å². The van der Waals surface area contributed by atoms with Gasteiger partial charge in [-0.3, -0.25) is 4.79 Å². The van der Waals surface area contributed by atoms with Gasteiger partial charge in [0, 0.05) is 11.5 Å². The van der Waals surface area contributed by atoms with Crippen molar-refractivity contribution >= 4 is 11.5 Å². The minimum atomic E-state index is 0.000710. The van der Waals surface area contributed by atoms with Crippen molar-refractivity contribution in [2.24, 2.45) is 5.92 Å². The van der Waals surface area contributed by atoms with Gasteiger partial charge in [0.25, 0.3) is 0 Å². The monoisotopic (exact) mass is 232 g/mol. The van der Waals surface area contributed by atoms with Gasteiger partial charge in [-0.05, 0) is 25.0 Å². The molecule has 1 aromatic carbocycles. The van der Waals surface area contributed by atoms with Crippen molar-refractivity contribution < 1.29 is 9.53 Å². The summed E-state index contributed by atoms with van der Waals surface area (Å²) in [4.78, 5) is 11.5. The Hall–Kier alpha value is -1.57. The van der Waals surface area contributed by atoms with Crippen LogP contribution in [-0.4, -0.2) is 12.4 Å². The van der Waals surface area contributed by atoms with Gasteiger partial charge in [0.15, 0.2) is 5.78 Å². The molecule has 17 heavy (non-hydrogen) atoms. The minimum Gasteiger partial charge on any atom is -0.486 e. The van der Waals surface area contributed by atoms with Crippen LogP contribution in [0.5, 0.6) is 0 Å². The second-order valence-corrected chi connectivity index (χ2v) is 4.60. The van der Waals surface area contributed by atoms with Crippen molar-refractivity contribution in [1.29, 1.82) is 0 Å². The van der Waals surface area contributed by atoms with Crippen molar-refractivity contribution in [3.8, 4) is 0 Å². The van der Waals surface area contributed by atoms with Crippen molar-refractivity contribution in [2.45, 2.75) is 27.7 Å². The zero-order valence-electron chi connectivity index (χ0n) is 11.0. The van der Waals surface area contributed by atoms with E-state index in [1.165, 1.54) is 0 Å². The fourth-order valence-electron chi connectivity index (χ4n) is 1.65. The molecule has 0 fully saturated rings. The van der Waals surface area contributed by atoms with Crippen LogP contribution in [0.25, 0.3) is 5.76 Å². The highest BCUT2D eigenvalue weighted by Gasteiger charge is 2.11. The van der Waals surface area contributed by atoms with E-state index in [0.29, 0.717) is 5.76 Å². The number of Topliss-reactive ketones (excluding diaryl/α,β-unsaturated/α-hetero) is 1. The van der Waals surface area contributed by atoms with E-state index in [2.05, 4.69) is 6.58 Å². The third kappa shape index (κ3) is 3.45. The lowest BCUT2D eigenvalue weighted by Gasteiger charge is -2.14. The Balaban J connectivity index is 2.74. The summed E-state index contributed by atoms with van der Waals surface area (Å²) in [6, 6.07) is 6.03. The zero-order chi connectivity index (χ0) is 13.0. The number of hydrogen-bond donors (Lipinski definition) is 0. The van der Waals surface area contributed by atoms with Crippen molar-refractivity contribution in [1.82, 2.24) is 0 Å². The van der Waals surface area contributed by atoms with Gasteiger partial charge in [0.2, 0.25) is 0 Å². The molecule has 0 heterocycles. The number of hydrogen-bond acceptors (Lipinski definition) is 2. The average Bonchev–Trinajstić information content (AvgIpc) is 2.25. The summed E-state index contributed by atoms with van der Waals surface area (Å²) in [7, 11) is 0. The molecule has 0 amide bonds. The summed E-state index contributed by atoms with van der Waals surface area (Å²) >= 11 is 0. The molecule has 1 rings (SSSR count). The lowest BCUT2D eigenvalue weighted by atomic mass is 10.0. The number of carbonyl (C=O) groups excluding carboxylic acids is 1. The van der Waals surface area contributed by atoms with Crippen molar-refractivity contribution in [2.75, 3.05) is 6.61 Å². The van der Waals surface area contributed by atoms with E-state index in [1.807, 2.05) is 45.9 Å². The predicted molar refractivity (Wildman–Crippen MR) is 70.7 cm³/mol. The first-order chi connectivity index (χ1) is 7.93. The van der Waals surface area contributed by atoms with E-state index in [0.717, 1.165) is 16.7 Å². The molecule has 0 aliphatic heterocycles. The molecule has 2 heteroatoms. The van der Waals surface area contributed by atoms with Crippen LogP contribution in [0.3, 0.4) is 0 Å². The van der Waals surface area contributed by atoms with E-state index < -0.39 is 0 Å². The second kappa shape index (κ2) is 5.67. The van der Waals surface area contributed by atoms with Crippen LogP contribution in [0.4, 0.5) is 0 Å². The van der Waals surface area contributed by atoms with Gasteiger partial charge in [-0.2, -0.15) is 0 Å². The van der Waals surface area contributed by atoms with Crippen LogP contribution in [0.15, 0.2) is 24.8 Å². The molecule has 1 aromatic rings. The quantitative estimate of drug-likeness (QED) is 0.726. The van der Waals surface area contributed by atoms with E-state index in [9.17, 15) is 4.79 Å². The SMILES string of the molecule is C=C(OCC(=O)C(C)C)c1c(C)cccc1C. The van der Waals surface area contributed by atoms with E-state index in [1.54, 1.807) is 0 Å². The van der Waals surface area contributed by atoms with Crippen LogP contribution < -0.4 is 0 Å². The largest absolute Gasteiger partial charge is 0.486 e. The van der Waals surface area contributed by atoms with Gasteiger partial charge >= 0.3 is 0 Å². The van der Waals surface area contributed by atoms with Gasteiger partial charge in [0.1, 0.15) is 12.4 Å². The number of rotatable bonds is 5. The topological polar surface area (TPSA) is 26.3 Å². The highest BCUT2D eigenvalue weighted by molar-refractivity contribution is 5.82. The number of ketones is 1. The number of carbonyl (C=O) groups is 1. The van der Waals surface area contributed by atoms with Gasteiger partial charge < -0.3 is 4.74 Å². The Morgan fingerprint density at radius 3 is 2.29 bits per heavy atom. The number of aryl methyl sites for hydroxylation is 2. The Labute approximate surface area is 103 Å². The Morgan fingerprint density at radius 1 is 1.29 bits per heavy atom. The molecule has 0 atom stereocenters. The van der Waals surface area contributed by atoms with Gasteiger partial charge in [0.05, 0.1) is 0 Å². The Bertz CT molecular complexity index is 410. The summed E-state index contributed by atoms with van der Waals surface area (Å²) in [6.07, 6.45) is 0. The molecule has 0 saturated heterocycles. The van der Waals surface area contributed by atoms with Gasteiger partial charge in [-0.25, -0.2) is 0 Å². The summed E-state index contributed by atoms with van der Waals surface area (Å²) in [6.45, 7) is 11.8. The summed E-state index contributed by atoms with van der Waals surface area (Å²) in [5.74, 6) is 0.674. The molecule has 0 bridgehead atoms. The van der Waals surface area contributed by atoms with Crippen LogP contribution >= 0.6 is 0 Å². The minimum absolute atomic E-state index is 0.000710. The second-order valence-electron chi connectivity index (χ2n) is 4.60. The molecule has 0 spiro atoms. The lowest BCUT2D eigenvalue weighted by molar-refractivity contribution is -0.124. The molecule has 0 aliphatic carbocycles. The summed E-state index contributed by atoms with van der Waals surface area (Å²) in [5.41, 5.74) is 3.24. The summed E-state index contributed by atoms with van der Waals surface area (Å²) < 4.78 is 5.47. The van der Waals surface area contributed by atoms with Crippen LogP contribution in [0, 0.1) is 19.8 Å². The molecule has 0 radical (unpaired) electrons. The maximum absolute atomic E-state index is 11.5. The predicted octanol–water partition coefficient (Wildman–Crippen LogP) is 3.52. The third-order valence-electron chi connectivity index (χ3n) is 2.79. The normalized spacial score (nSPS) is 10.4. The first-order valence-corrected chi connectivity index (χ1v) is 5.84.